The van der Waals surface area contributed by atoms with Crippen LogP contribution in [0.15, 0.2) is 140 Å². The maximum atomic E-state index is 15.3. The lowest BCUT2D eigenvalue weighted by Crippen LogP contribution is -2.29. The molecule has 2 unspecified atom stereocenters. The van der Waals surface area contributed by atoms with Gasteiger partial charge in [0.2, 0.25) is 0 Å². The predicted molar refractivity (Wildman–Crippen MR) is 223 cm³/mol. The van der Waals surface area contributed by atoms with E-state index in [1.807, 2.05) is 115 Å². The monoisotopic (exact) mass is 768 g/mol. The lowest BCUT2D eigenvalue weighted by Gasteiger charge is -2.36. The Hall–Kier alpha value is -5.02. The second-order valence-electron chi connectivity index (χ2n) is 14.4. The van der Waals surface area contributed by atoms with Crippen molar-refractivity contribution in [3.63, 3.8) is 0 Å². The number of para-hydroxylation sites is 4. The van der Waals surface area contributed by atoms with Gasteiger partial charge in [0.1, 0.15) is 23.0 Å². The van der Waals surface area contributed by atoms with Gasteiger partial charge in [0.05, 0.1) is 10.6 Å². The highest BCUT2D eigenvalue weighted by molar-refractivity contribution is 7.63. The fourth-order valence-electron chi connectivity index (χ4n) is 8.39. The summed E-state index contributed by atoms with van der Waals surface area (Å²) < 4.78 is 56.6. The zero-order valence-electron chi connectivity index (χ0n) is 31.7. The highest BCUT2D eigenvalue weighted by Gasteiger charge is 2.43. The molecular formula is C47H46O6P2. The van der Waals surface area contributed by atoms with Gasteiger partial charge >= 0.3 is 15.2 Å². The summed E-state index contributed by atoms with van der Waals surface area (Å²) in [6, 6.07) is 44.8. The van der Waals surface area contributed by atoms with Crippen molar-refractivity contribution in [2.75, 3.05) is 0 Å². The van der Waals surface area contributed by atoms with Crippen LogP contribution in [0.4, 0.5) is 0 Å². The Morgan fingerprint density at radius 2 is 1.04 bits per heavy atom. The average molecular weight is 769 g/mol. The molecule has 0 saturated carbocycles. The number of fused-ring (bicyclic) bond motifs is 6. The summed E-state index contributed by atoms with van der Waals surface area (Å²) in [4.78, 5) is 0. The van der Waals surface area contributed by atoms with Gasteiger partial charge in [-0.25, -0.2) is 9.13 Å². The number of rotatable bonds is 12. The first-order chi connectivity index (χ1) is 26.8. The minimum Gasteiger partial charge on any atom is -0.412 e. The highest BCUT2D eigenvalue weighted by Crippen LogP contribution is 2.59. The van der Waals surface area contributed by atoms with E-state index in [2.05, 4.69) is 52.0 Å². The summed E-state index contributed by atoms with van der Waals surface area (Å²) in [7, 11) is -7.77. The van der Waals surface area contributed by atoms with Crippen LogP contribution < -0.4 is 28.7 Å². The molecule has 0 radical (unpaired) electrons. The molecule has 6 nitrogen and oxygen atoms in total. The van der Waals surface area contributed by atoms with Crippen LogP contribution in [0.1, 0.15) is 76.0 Å². The van der Waals surface area contributed by atoms with E-state index in [0.29, 0.717) is 40.0 Å². The Morgan fingerprint density at radius 1 is 0.545 bits per heavy atom. The van der Waals surface area contributed by atoms with E-state index in [1.165, 1.54) is 0 Å². The SMILES string of the molecule is CCC(CC)c1cccc(CC(CC)(CC)c2ccccc2OP2(=O)Oc3ccccc3-c3ccccc32)c1OP1(=O)Oc2ccccc2-c2ccccc21. The van der Waals surface area contributed by atoms with Gasteiger partial charge in [0.25, 0.3) is 0 Å². The Balaban J connectivity index is 1.22. The molecule has 0 saturated heterocycles. The van der Waals surface area contributed by atoms with Crippen molar-refractivity contribution in [3.8, 4) is 45.3 Å². The van der Waals surface area contributed by atoms with Gasteiger partial charge in [-0.3, -0.25) is 0 Å². The molecule has 8 heteroatoms. The molecule has 0 N–H and O–H groups in total. The van der Waals surface area contributed by atoms with Crippen molar-refractivity contribution in [2.24, 2.45) is 0 Å². The van der Waals surface area contributed by atoms with Crippen LogP contribution in [0.25, 0.3) is 22.3 Å². The fraction of sp³-hybridized carbons (Fsp3) is 0.234. The lowest BCUT2D eigenvalue weighted by molar-refractivity contribution is 0.356. The molecule has 6 aromatic rings. The zero-order chi connectivity index (χ0) is 38.2. The van der Waals surface area contributed by atoms with E-state index < -0.39 is 20.6 Å². The second kappa shape index (κ2) is 14.9. The predicted octanol–water partition coefficient (Wildman–Crippen LogP) is 12.8. The minimum atomic E-state index is -3.91. The van der Waals surface area contributed by atoms with Crippen molar-refractivity contribution in [1.29, 1.82) is 0 Å². The smallest absolute Gasteiger partial charge is 0.412 e. The molecule has 2 heterocycles. The summed E-state index contributed by atoms with van der Waals surface area (Å²) in [6.45, 7) is 8.71. The maximum Gasteiger partial charge on any atom is 0.463 e. The van der Waals surface area contributed by atoms with E-state index >= 15 is 4.57 Å². The van der Waals surface area contributed by atoms with Crippen LogP contribution in [0.2, 0.25) is 0 Å². The number of hydrogen-bond acceptors (Lipinski definition) is 6. The van der Waals surface area contributed by atoms with Crippen molar-refractivity contribution in [2.45, 2.75) is 71.1 Å². The van der Waals surface area contributed by atoms with E-state index in [0.717, 1.165) is 64.6 Å². The molecule has 0 spiro atoms. The molecule has 2 aliphatic heterocycles. The Morgan fingerprint density at radius 3 is 1.60 bits per heavy atom. The quantitative estimate of drug-likeness (QED) is 0.115. The summed E-state index contributed by atoms with van der Waals surface area (Å²) in [5.41, 5.74) is 5.84. The Kier molecular flexibility index (Phi) is 10.0. The van der Waals surface area contributed by atoms with Crippen molar-refractivity contribution >= 4 is 25.8 Å². The standard InChI is InChI=1S/C47H46O6P2/c1-5-33(6-2)35-25-19-20-34(46(35)53-55(49)45-31-18-12-24-39(45)37-22-10-15-28-42(37)51-55)32-47(7-3,8-4)40-26-13-16-29-43(40)52-54(48)44-30-17-11-23-38(44)36-21-9-14-27-41(36)50-54/h9-31,33H,5-8,32H2,1-4H3. The van der Waals surface area contributed by atoms with Gasteiger partial charge in [0.15, 0.2) is 0 Å². The molecule has 0 amide bonds. The van der Waals surface area contributed by atoms with E-state index in [-0.39, 0.29) is 5.92 Å². The topological polar surface area (TPSA) is 71.1 Å². The van der Waals surface area contributed by atoms with Crippen LogP contribution in [-0.4, -0.2) is 0 Å². The third-order valence-electron chi connectivity index (χ3n) is 11.5. The second-order valence-corrected chi connectivity index (χ2v) is 18.1. The van der Waals surface area contributed by atoms with E-state index in [9.17, 15) is 4.57 Å². The molecule has 0 bridgehead atoms. The lowest BCUT2D eigenvalue weighted by atomic mass is 9.71. The van der Waals surface area contributed by atoms with Crippen LogP contribution in [-0.2, 0) is 21.0 Å². The molecule has 55 heavy (non-hydrogen) atoms. The summed E-state index contributed by atoms with van der Waals surface area (Å²) in [6.07, 6.45) is 3.82. The fourth-order valence-corrected chi connectivity index (χ4v) is 12.1. The molecule has 2 aliphatic rings. The Labute approximate surface area is 324 Å². The number of hydrogen-bond donors (Lipinski definition) is 0. The number of benzene rings is 6. The van der Waals surface area contributed by atoms with Gasteiger partial charge < -0.3 is 18.1 Å². The summed E-state index contributed by atoms with van der Waals surface area (Å²) >= 11 is 0. The minimum absolute atomic E-state index is 0.179. The molecule has 6 aromatic carbocycles. The third-order valence-corrected chi connectivity index (χ3v) is 15.2. The van der Waals surface area contributed by atoms with Crippen molar-refractivity contribution in [3.05, 3.63) is 156 Å². The van der Waals surface area contributed by atoms with Crippen molar-refractivity contribution in [1.82, 2.24) is 0 Å². The highest BCUT2D eigenvalue weighted by atomic mass is 31.2. The molecule has 8 rings (SSSR count). The van der Waals surface area contributed by atoms with Crippen LogP contribution >= 0.6 is 15.2 Å². The first-order valence-electron chi connectivity index (χ1n) is 19.3. The average Bonchev–Trinajstić information content (AvgIpc) is 3.22. The van der Waals surface area contributed by atoms with Gasteiger partial charge in [0, 0.05) is 33.2 Å². The van der Waals surface area contributed by atoms with Crippen LogP contribution in [0.3, 0.4) is 0 Å². The van der Waals surface area contributed by atoms with Crippen LogP contribution in [0.5, 0.6) is 23.0 Å². The molecule has 0 aliphatic carbocycles. The largest absolute Gasteiger partial charge is 0.463 e. The molecule has 0 aromatic heterocycles. The molecule has 280 valence electrons. The van der Waals surface area contributed by atoms with E-state index in [4.69, 9.17) is 18.1 Å². The van der Waals surface area contributed by atoms with Gasteiger partial charge in [-0.2, -0.15) is 0 Å². The zero-order valence-corrected chi connectivity index (χ0v) is 33.5. The Bertz CT molecular complexity index is 2460. The van der Waals surface area contributed by atoms with Crippen LogP contribution in [0, 0.1) is 0 Å². The first kappa shape index (κ1) is 36.9. The van der Waals surface area contributed by atoms with Crippen molar-refractivity contribution < 1.29 is 27.2 Å². The first-order valence-corrected chi connectivity index (χ1v) is 22.4. The normalized spacial score (nSPS) is 18.2. The van der Waals surface area contributed by atoms with Gasteiger partial charge in [-0.15, -0.1) is 0 Å². The maximum absolute atomic E-state index is 15.3. The molecular weight excluding hydrogens is 722 g/mol. The van der Waals surface area contributed by atoms with Gasteiger partial charge in [-0.1, -0.05) is 137 Å². The molecule has 2 atom stereocenters. The molecule has 0 fully saturated rings. The van der Waals surface area contributed by atoms with E-state index in [1.54, 1.807) is 0 Å². The summed E-state index contributed by atoms with van der Waals surface area (Å²) in [5.74, 6) is 2.36. The summed E-state index contributed by atoms with van der Waals surface area (Å²) in [5, 5.41) is 1.09. The van der Waals surface area contributed by atoms with Gasteiger partial charge in [-0.05, 0) is 79.5 Å². The third kappa shape index (κ3) is 6.50.